The number of hydrogen-bond donors (Lipinski definition) is 3. The highest BCUT2D eigenvalue weighted by molar-refractivity contribution is 14.2. The molecule has 0 fully saturated rings. The van der Waals surface area contributed by atoms with Gasteiger partial charge in [0.15, 0.2) is 12.2 Å². The van der Waals surface area contributed by atoms with Gasteiger partial charge in [-0.3, -0.25) is 10.2 Å². The summed E-state index contributed by atoms with van der Waals surface area (Å²) in [6, 6.07) is 3.64. The summed E-state index contributed by atoms with van der Waals surface area (Å²) in [5.41, 5.74) is 3.23. The SMILES string of the molecule is Cc1c(C#N)cnc(C(=O)Nc2cc(C(=N)c3cnco3)c(NPI)cn2)c1C. The first kappa shape index (κ1) is 20.8. The lowest BCUT2D eigenvalue weighted by Crippen LogP contribution is -2.18. The molecular weight excluding hydrogens is 504 g/mol. The number of rotatable bonds is 6. The van der Waals surface area contributed by atoms with Gasteiger partial charge in [0, 0.05) is 18.1 Å². The van der Waals surface area contributed by atoms with Crippen molar-refractivity contribution in [3.8, 4) is 6.07 Å². The predicted molar refractivity (Wildman–Crippen MR) is 119 cm³/mol. The van der Waals surface area contributed by atoms with Gasteiger partial charge in [0.2, 0.25) is 0 Å². The number of oxazole rings is 1. The number of nitrogens with zero attached hydrogens (tertiary/aromatic N) is 4. The van der Waals surface area contributed by atoms with Gasteiger partial charge in [-0.05, 0) is 53.1 Å². The van der Waals surface area contributed by atoms with Crippen molar-refractivity contribution in [2.45, 2.75) is 13.8 Å². The summed E-state index contributed by atoms with van der Waals surface area (Å²) in [5, 5.41) is 23.4. The van der Waals surface area contributed by atoms with Gasteiger partial charge >= 0.3 is 0 Å². The molecule has 3 heterocycles. The Morgan fingerprint density at radius 2 is 2.07 bits per heavy atom. The summed E-state index contributed by atoms with van der Waals surface area (Å²) < 4.78 is 5.22. The van der Waals surface area contributed by atoms with Crippen molar-refractivity contribution in [3.05, 3.63) is 64.8 Å². The van der Waals surface area contributed by atoms with Crippen LogP contribution in [0, 0.1) is 30.6 Å². The van der Waals surface area contributed by atoms with Crippen LogP contribution in [0.1, 0.15) is 38.5 Å². The molecule has 3 N–H and O–H groups in total. The lowest BCUT2D eigenvalue weighted by Gasteiger charge is -2.13. The fourth-order valence-electron chi connectivity index (χ4n) is 2.57. The average Bonchev–Trinajstić information content (AvgIpc) is 3.25. The molecule has 0 saturated heterocycles. The highest BCUT2D eigenvalue weighted by atomic mass is 127. The summed E-state index contributed by atoms with van der Waals surface area (Å²) >= 11 is 2.17. The van der Waals surface area contributed by atoms with E-state index in [1.54, 1.807) is 26.1 Å². The number of halogens is 1. The third-order valence-corrected chi connectivity index (χ3v) is 5.43. The van der Waals surface area contributed by atoms with Crippen LogP contribution in [0.25, 0.3) is 0 Å². The maximum Gasteiger partial charge on any atom is 0.275 e. The Labute approximate surface area is 181 Å². The Bertz CT molecular complexity index is 1130. The largest absolute Gasteiger partial charge is 0.442 e. The van der Waals surface area contributed by atoms with Gasteiger partial charge in [0.25, 0.3) is 5.91 Å². The molecule has 0 aliphatic carbocycles. The van der Waals surface area contributed by atoms with Gasteiger partial charge in [-0.2, -0.15) is 5.26 Å². The molecule has 0 aliphatic rings. The quantitative estimate of drug-likeness (QED) is 0.254. The number of amides is 1. The van der Waals surface area contributed by atoms with Crippen molar-refractivity contribution in [1.29, 1.82) is 10.7 Å². The molecule has 0 radical (unpaired) electrons. The Kier molecular flexibility index (Phi) is 6.51. The molecule has 29 heavy (non-hydrogen) atoms. The van der Waals surface area contributed by atoms with Crippen LogP contribution in [0.2, 0.25) is 0 Å². The zero-order valence-corrected chi connectivity index (χ0v) is 18.5. The van der Waals surface area contributed by atoms with Crippen molar-refractivity contribution < 1.29 is 9.21 Å². The van der Waals surface area contributed by atoms with Crippen molar-refractivity contribution in [3.63, 3.8) is 0 Å². The molecule has 146 valence electrons. The minimum absolute atomic E-state index is 0.112. The number of hydrogen-bond acceptors (Lipinski definition) is 8. The van der Waals surface area contributed by atoms with Crippen molar-refractivity contribution in [2.24, 2.45) is 0 Å². The first-order valence-corrected chi connectivity index (χ1v) is 12.3. The normalized spacial score (nSPS) is 10.7. The Balaban J connectivity index is 1.93. The zero-order chi connectivity index (χ0) is 21.0. The summed E-state index contributed by atoms with van der Waals surface area (Å²) in [7, 11) is 0. The number of carbonyl (C=O) groups is 1. The minimum atomic E-state index is -0.448. The molecule has 0 saturated carbocycles. The van der Waals surface area contributed by atoms with Gasteiger partial charge in [-0.25, -0.2) is 15.0 Å². The van der Waals surface area contributed by atoms with Gasteiger partial charge in [0.05, 0.1) is 23.6 Å². The maximum atomic E-state index is 12.7. The van der Waals surface area contributed by atoms with E-state index in [1.165, 1.54) is 18.8 Å². The van der Waals surface area contributed by atoms with E-state index in [9.17, 15) is 4.79 Å². The molecule has 0 aliphatic heterocycles. The van der Waals surface area contributed by atoms with E-state index in [-0.39, 0.29) is 17.2 Å². The van der Waals surface area contributed by atoms with Crippen LogP contribution in [0.4, 0.5) is 11.5 Å². The molecule has 1 unspecified atom stereocenters. The number of nitriles is 1. The molecule has 3 rings (SSSR count). The average molecular weight is 519 g/mol. The molecule has 0 bridgehead atoms. The van der Waals surface area contributed by atoms with E-state index in [4.69, 9.17) is 15.1 Å². The lowest BCUT2D eigenvalue weighted by molar-refractivity contribution is 0.102. The summed E-state index contributed by atoms with van der Waals surface area (Å²) in [6.45, 7) is 3.51. The van der Waals surface area contributed by atoms with E-state index in [2.05, 4.69) is 53.5 Å². The Morgan fingerprint density at radius 1 is 1.28 bits per heavy atom. The van der Waals surface area contributed by atoms with Crippen LogP contribution >= 0.6 is 28.4 Å². The van der Waals surface area contributed by atoms with Crippen LogP contribution in [0.15, 0.2) is 35.5 Å². The summed E-state index contributed by atoms with van der Waals surface area (Å²) in [5.74, 6) is 0.115. The van der Waals surface area contributed by atoms with Gasteiger partial charge in [0.1, 0.15) is 23.3 Å². The van der Waals surface area contributed by atoms with E-state index in [0.29, 0.717) is 40.1 Å². The maximum absolute atomic E-state index is 12.7. The molecule has 3 aromatic rings. The fourth-order valence-corrected chi connectivity index (χ4v) is 3.75. The van der Waals surface area contributed by atoms with E-state index in [1.807, 2.05) is 0 Å². The standard InChI is InChI=1S/C18H15IN7O2P/c1-9-10(2)17(24-5-11(9)4-20)18(27)25-15-3-12(13(6-23-15)26-29-19)16(21)14-7-22-8-28-14/h3,5-8,21,26,29H,1-2H3,(H,23,25,27). The predicted octanol–water partition coefficient (Wildman–Crippen LogP) is 3.98. The smallest absolute Gasteiger partial charge is 0.275 e. The number of pyridine rings is 2. The molecular formula is C18H15IN7O2P. The lowest BCUT2D eigenvalue weighted by atomic mass is 10.0. The zero-order valence-electron chi connectivity index (χ0n) is 15.4. The first-order chi connectivity index (χ1) is 14.0. The second-order valence-electron chi connectivity index (χ2n) is 5.91. The van der Waals surface area contributed by atoms with Crippen LogP contribution in [-0.2, 0) is 0 Å². The van der Waals surface area contributed by atoms with E-state index in [0.717, 1.165) is 0 Å². The topological polar surface area (TPSA) is 141 Å². The second-order valence-corrected chi connectivity index (χ2v) is 7.97. The molecule has 0 spiro atoms. The number of carbonyl (C=O) groups excluding carboxylic acids is 1. The van der Waals surface area contributed by atoms with Gasteiger partial charge < -0.3 is 14.8 Å². The highest BCUT2D eigenvalue weighted by Gasteiger charge is 2.18. The number of aromatic nitrogens is 3. The molecule has 9 nitrogen and oxygen atoms in total. The third kappa shape index (κ3) is 4.41. The molecule has 1 atom stereocenters. The monoisotopic (exact) mass is 519 g/mol. The van der Waals surface area contributed by atoms with Crippen LogP contribution in [-0.4, -0.2) is 26.6 Å². The Hall–Kier alpha value is -2.90. The fraction of sp³-hybridized carbons (Fsp3) is 0.111. The summed E-state index contributed by atoms with van der Waals surface area (Å²) in [4.78, 5) is 24.9. The van der Waals surface area contributed by atoms with E-state index >= 15 is 0 Å². The summed E-state index contributed by atoms with van der Waals surface area (Å²) in [6.07, 6.45) is 6.00. The first-order valence-electron chi connectivity index (χ1n) is 8.23. The van der Waals surface area contributed by atoms with Gasteiger partial charge in [-0.1, -0.05) is 0 Å². The number of anilines is 2. The molecule has 3 aromatic heterocycles. The second kappa shape index (κ2) is 9.07. The van der Waals surface area contributed by atoms with Gasteiger partial charge in [-0.15, -0.1) is 0 Å². The van der Waals surface area contributed by atoms with E-state index < -0.39 is 5.91 Å². The number of nitrogens with one attached hydrogen (secondary N) is 3. The van der Waals surface area contributed by atoms with Crippen molar-refractivity contribution in [1.82, 2.24) is 15.0 Å². The molecule has 11 heteroatoms. The molecule has 0 aromatic carbocycles. The van der Waals surface area contributed by atoms with Crippen LogP contribution in [0.5, 0.6) is 0 Å². The highest BCUT2D eigenvalue weighted by Crippen LogP contribution is 2.29. The van der Waals surface area contributed by atoms with Crippen LogP contribution in [0.3, 0.4) is 0 Å². The minimum Gasteiger partial charge on any atom is -0.442 e. The third-order valence-electron chi connectivity index (χ3n) is 4.26. The Morgan fingerprint density at radius 3 is 2.72 bits per heavy atom. The van der Waals surface area contributed by atoms with Crippen molar-refractivity contribution >= 4 is 51.5 Å². The van der Waals surface area contributed by atoms with Crippen LogP contribution < -0.4 is 10.4 Å². The van der Waals surface area contributed by atoms with Crippen molar-refractivity contribution in [2.75, 3.05) is 10.4 Å². The molecule has 1 amide bonds.